The lowest BCUT2D eigenvalue weighted by atomic mass is 10.2. The van der Waals surface area contributed by atoms with Crippen molar-refractivity contribution in [2.24, 2.45) is 0 Å². The zero-order valence-electron chi connectivity index (χ0n) is 8.61. The SMILES string of the molecule is COC(=O)c1nnc(-c2cc(Br)ccc2Cl)o1. The Morgan fingerprint density at radius 3 is 2.94 bits per heavy atom. The number of halogens is 2. The Kier molecular flexibility index (Phi) is 3.44. The first-order valence-electron chi connectivity index (χ1n) is 4.49. The van der Waals surface area contributed by atoms with Gasteiger partial charge in [-0.25, -0.2) is 4.79 Å². The van der Waals surface area contributed by atoms with Gasteiger partial charge in [0.2, 0.25) is 5.89 Å². The molecule has 0 amide bonds. The van der Waals surface area contributed by atoms with Crippen molar-refractivity contribution in [1.29, 1.82) is 0 Å². The molecule has 0 atom stereocenters. The minimum atomic E-state index is -0.685. The lowest BCUT2D eigenvalue weighted by Gasteiger charge is -1.99. The Balaban J connectivity index is 2.43. The number of ether oxygens (including phenoxy) is 1. The van der Waals surface area contributed by atoms with Crippen LogP contribution in [0.5, 0.6) is 0 Å². The molecule has 0 aliphatic heterocycles. The van der Waals surface area contributed by atoms with E-state index in [1.807, 2.05) is 0 Å². The van der Waals surface area contributed by atoms with Crippen LogP contribution in [-0.2, 0) is 4.74 Å². The van der Waals surface area contributed by atoms with E-state index in [2.05, 4.69) is 30.9 Å². The molecule has 0 aliphatic carbocycles. The zero-order valence-corrected chi connectivity index (χ0v) is 10.9. The van der Waals surface area contributed by atoms with E-state index in [9.17, 15) is 4.79 Å². The molecule has 7 heteroatoms. The Labute approximate surface area is 110 Å². The number of hydrogen-bond donors (Lipinski definition) is 0. The summed E-state index contributed by atoms with van der Waals surface area (Å²) in [5, 5.41) is 7.76. The minimum absolute atomic E-state index is 0.164. The maximum absolute atomic E-state index is 11.1. The average Bonchev–Trinajstić information content (AvgIpc) is 2.80. The van der Waals surface area contributed by atoms with Crippen molar-refractivity contribution in [3.05, 3.63) is 33.6 Å². The van der Waals surface area contributed by atoms with Crippen LogP contribution in [0.15, 0.2) is 27.1 Å². The first-order valence-corrected chi connectivity index (χ1v) is 5.66. The molecule has 2 rings (SSSR count). The second kappa shape index (κ2) is 4.85. The molecule has 2 aromatic rings. The predicted octanol–water partition coefficient (Wildman–Crippen LogP) is 2.94. The largest absolute Gasteiger partial charge is 0.462 e. The molecule has 0 fully saturated rings. The second-order valence-corrected chi connectivity index (χ2v) is 4.35. The summed E-state index contributed by atoms with van der Waals surface area (Å²) < 4.78 is 10.4. The smallest absolute Gasteiger partial charge is 0.396 e. The Morgan fingerprint density at radius 2 is 2.24 bits per heavy atom. The summed E-state index contributed by atoms with van der Waals surface area (Å²) in [7, 11) is 1.23. The van der Waals surface area contributed by atoms with Gasteiger partial charge in [0.1, 0.15) is 0 Å². The maximum atomic E-state index is 11.1. The highest BCUT2D eigenvalue weighted by molar-refractivity contribution is 9.10. The molecule has 1 aromatic heterocycles. The molecule has 17 heavy (non-hydrogen) atoms. The molecule has 0 unspecified atom stereocenters. The number of rotatable bonds is 2. The highest BCUT2D eigenvalue weighted by Crippen LogP contribution is 2.29. The van der Waals surface area contributed by atoms with E-state index < -0.39 is 5.97 Å². The third kappa shape index (κ3) is 2.48. The van der Waals surface area contributed by atoms with Crippen LogP contribution in [0.4, 0.5) is 0 Å². The summed E-state index contributed by atoms with van der Waals surface area (Å²) >= 11 is 9.29. The average molecular weight is 318 g/mol. The van der Waals surface area contributed by atoms with Gasteiger partial charge >= 0.3 is 11.9 Å². The molecule has 0 radical (unpaired) electrons. The van der Waals surface area contributed by atoms with Gasteiger partial charge in [0.15, 0.2) is 0 Å². The summed E-state index contributed by atoms with van der Waals surface area (Å²) in [5.74, 6) is -0.731. The summed E-state index contributed by atoms with van der Waals surface area (Å²) in [6, 6.07) is 5.18. The van der Waals surface area contributed by atoms with Crippen molar-refractivity contribution < 1.29 is 13.9 Å². The van der Waals surface area contributed by atoms with E-state index in [1.165, 1.54) is 7.11 Å². The van der Waals surface area contributed by atoms with E-state index in [4.69, 9.17) is 16.0 Å². The van der Waals surface area contributed by atoms with E-state index in [1.54, 1.807) is 18.2 Å². The monoisotopic (exact) mass is 316 g/mol. The van der Waals surface area contributed by atoms with Gasteiger partial charge in [-0.2, -0.15) is 0 Å². The summed E-state index contributed by atoms with van der Waals surface area (Å²) in [6.07, 6.45) is 0. The number of carbonyl (C=O) groups excluding carboxylic acids is 1. The van der Waals surface area contributed by atoms with Crippen molar-refractivity contribution in [2.45, 2.75) is 0 Å². The molecule has 0 saturated carbocycles. The van der Waals surface area contributed by atoms with Gasteiger partial charge in [-0.15, -0.1) is 10.2 Å². The molecule has 5 nitrogen and oxygen atoms in total. The number of hydrogen-bond acceptors (Lipinski definition) is 5. The molecular formula is C10H6BrClN2O3. The molecule has 0 N–H and O–H groups in total. The maximum Gasteiger partial charge on any atom is 0.396 e. The number of aromatic nitrogens is 2. The van der Waals surface area contributed by atoms with E-state index >= 15 is 0 Å². The van der Waals surface area contributed by atoms with Crippen LogP contribution in [0, 0.1) is 0 Å². The summed E-state index contributed by atoms with van der Waals surface area (Å²) in [4.78, 5) is 11.1. The van der Waals surface area contributed by atoms with Gasteiger partial charge in [-0.3, -0.25) is 0 Å². The second-order valence-electron chi connectivity index (χ2n) is 3.03. The van der Waals surface area contributed by atoms with Crippen molar-refractivity contribution >= 4 is 33.5 Å². The van der Waals surface area contributed by atoms with Crippen LogP contribution in [0.1, 0.15) is 10.7 Å². The first kappa shape index (κ1) is 12.1. The molecule has 1 aromatic carbocycles. The number of benzene rings is 1. The molecule has 0 spiro atoms. The lowest BCUT2D eigenvalue weighted by molar-refractivity contribution is 0.0556. The normalized spacial score (nSPS) is 10.3. The van der Waals surface area contributed by atoms with Crippen molar-refractivity contribution in [2.75, 3.05) is 7.11 Å². The van der Waals surface area contributed by atoms with Crippen molar-refractivity contribution in [3.63, 3.8) is 0 Å². The van der Waals surface area contributed by atoms with E-state index in [0.717, 1.165) is 4.47 Å². The minimum Gasteiger partial charge on any atom is -0.462 e. The fourth-order valence-electron chi connectivity index (χ4n) is 1.16. The lowest BCUT2D eigenvalue weighted by Crippen LogP contribution is -2.00. The third-order valence-electron chi connectivity index (χ3n) is 1.94. The zero-order chi connectivity index (χ0) is 12.4. The molecular weight excluding hydrogens is 311 g/mol. The van der Waals surface area contributed by atoms with Gasteiger partial charge in [-0.1, -0.05) is 27.5 Å². The number of carbonyl (C=O) groups is 1. The molecule has 1 heterocycles. The van der Waals surface area contributed by atoms with Crippen LogP contribution in [0.2, 0.25) is 5.02 Å². The van der Waals surface area contributed by atoms with Crippen LogP contribution >= 0.6 is 27.5 Å². The fraction of sp³-hybridized carbons (Fsp3) is 0.100. The highest BCUT2D eigenvalue weighted by Gasteiger charge is 2.17. The van der Waals surface area contributed by atoms with Gasteiger partial charge in [-0.05, 0) is 18.2 Å². The van der Waals surface area contributed by atoms with E-state index in [-0.39, 0.29) is 11.8 Å². The van der Waals surface area contributed by atoms with Gasteiger partial charge in [0.05, 0.1) is 17.7 Å². The molecule has 0 bridgehead atoms. The van der Waals surface area contributed by atoms with Gasteiger partial charge < -0.3 is 9.15 Å². The van der Waals surface area contributed by atoms with Gasteiger partial charge in [0.25, 0.3) is 0 Å². The highest BCUT2D eigenvalue weighted by atomic mass is 79.9. The van der Waals surface area contributed by atoms with E-state index in [0.29, 0.717) is 10.6 Å². The Bertz CT molecular complexity index is 570. The summed E-state index contributed by atoms with van der Waals surface area (Å²) in [5.41, 5.74) is 0.545. The number of nitrogens with zero attached hydrogens (tertiary/aromatic N) is 2. The third-order valence-corrected chi connectivity index (χ3v) is 2.77. The fourth-order valence-corrected chi connectivity index (χ4v) is 1.72. The Hall–Kier alpha value is -1.40. The molecule has 0 saturated heterocycles. The quantitative estimate of drug-likeness (QED) is 0.797. The van der Waals surface area contributed by atoms with Gasteiger partial charge in [0, 0.05) is 4.47 Å². The first-order chi connectivity index (χ1) is 8.11. The van der Waals surface area contributed by atoms with Crippen molar-refractivity contribution in [3.8, 4) is 11.5 Å². The topological polar surface area (TPSA) is 65.2 Å². The molecule has 88 valence electrons. The van der Waals surface area contributed by atoms with Crippen molar-refractivity contribution in [1.82, 2.24) is 10.2 Å². The van der Waals surface area contributed by atoms with Crippen LogP contribution < -0.4 is 0 Å². The Morgan fingerprint density at radius 1 is 1.47 bits per heavy atom. The standard InChI is InChI=1S/C10H6BrClN2O3/c1-16-10(15)9-14-13-8(17-9)6-4-5(11)2-3-7(6)12/h2-4H,1H3. The number of esters is 1. The number of methoxy groups -OCH3 is 1. The van der Waals surface area contributed by atoms with Crippen LogP contribution in [0.3, 0.4) is 0 Å². The summed E-state index contributed by atoms with van der Waals surface area (Å²) in [6.45, 7) is 0. The van der Waals surface area contributed by atoms with Crippen LogP contribution in [0.25, 0.3) is 11.5 Å². The predicted molar refractivity (Wildman–Crippen MR) is 63.8 cm³/mol. The molecule has 0 aliphatic rings. The van der Waals surface area contributed by atoms with Crippen LogP contribution in [-0.4, -0.2) is 23.3 Å².